The van der Waals surface area contributed by atoms with Gasteiger partial charge in [-0.2, -0.15) is 0 Å². The molecule has 0 radical (unpaired) electrons. The molecule has 8 heteroatoms. The average molecular weight is 718 g/mol. The standard InChI is InChI=1S/C36H75NO.Mo.2H2O2.O/c1-4-7-10-13-16-19-22-25-28-31-34-37(38,35-32-29-26-23-20-17-14-11-8-5-2)36-33-30-27-24-21-18-15-12-9-6-3;;2*1-2;/h4-36H2,1-3H3;;2*1-2H;. The summed E-state index contributed by atoms with van der Waals surface area (Å²) in [5, 5.41) is 37.7. The minimum absolute atomic E-state index is 0.116. The molecule has 0 aromatic rings. The van der Waals surface area contributed by atoms with Gasteiger partial charge in [0.2, 0.25) is 0 Å². The second-order valence-corrected chi connectivity index (χ2v) is 12.8. The second-order valence-electron chi connectivity index (χ2n) is 12.8. The first-order valence-electron chi connectivity index (χ1n) is 18.8. The molecule has 44 heavy (non-hydrogen) atoms. The van der Waals surface area contributed by atoms with Crippen molar-refractivity contribution >= 4 is 0 Å². The number of quaternary nitrogens is 1. The van der Waals surface area contributed by atoms with E-state index in [1.54, 1.807) is 0 Å². The van der Waals surface area contributed by atoms with Gasteiger partial charge in [-0.1, -0.05) is 175 Å². The number of rotatable bonds is 33. The van der Waals surface area contributed by atoms with E-state index in [9.17, 15) is 5.21 Å². The fraction of sp³-hybridized carbons (Fsp3) is 1.00. The fourth-order valence-corrected chi connectivity index (χ4v) is 6.00. The van der Waals surface area contributed by atoms with Crippen molar-refractivity contribution in [3.05, 3.63) is 5.21 Å². The molecule has 0 aliphatic rings. The van der Waals surface area contributed by atoms with Crippen molar-refractivity contribution in [1.29, 1.82) is 0 Å². The topological polar surface area (TPSA) is 121 Å². The van der Waals surface area contributed by atoms with Crippen LogP contribution in [0.15, 0.2) is 0 Å². The molecule has 0 aliphatic heterocycles. The SMILES string of the molecule is CCCCCCCCCCCC[N+]([O-])(CCCCCCCCCCCC)CCCCCCCCCCCC.OO.OO.[O]=[Mo]. The molecule has 0 saturated heterocycles. The summed E-state index contributed by atoms with van der Waals surface area (Å²) in [5.74, 6) is 0. The molecule has 0 fully saturated rings. The van der Waals surface area contributed by atoms with E-state index in [-0.39, 0.29) is 4.65 Å². The molecule has 0 saturated carbocycles. The van der Waals surface area contributed by atoms with E-state index in [1.807, 2.05) is 0 Å². The zero-order chi connectivity index (χ0) is 33.8. The van der Waals surface area contributed by atoms with Crippen molar-refractivity contribution in [1.82, 2.24) is 0 Å². The molecular weight excluding hydrogens is 638 g/mol. The van der Waals surface area contributed by atoms with Gasteiger partial charge in [-0.05, 0) is 38.5 Å². The van der Waals surface area contributed by atoms with Crippen LogP contribution in [-0.4, -0.2) is 45.3 Å². The van der Waals surface area contributed by atoms with Gasteiger partial charge in [0.25, 0.3) is 0 Å². The molecule has 0 spiro atoms. The van der Waals surface area contributed by atoms with Gasteiger partial charge >= 0.3 is 23.2 Å². The van der Waals surface area contributed by atoms with Gasteiger partial charge in [-0.25, -0.2) is 0 Å². The molecule has 7 nitrogen and oxygen atoms in total. The van der Waals surface area contributed by atoms with Gasteiger partial charge in [-0.15, -0.1) is 0 Å². The number of hydroxylamine groups is 3. The molecule has 0 bridgehead atoms. The van der Waals surface area contributed by atoms with Gasteiger partial charge < -0.3 is 9.85 Å². The number of nitrogens with zero attached hydrogens (tertiary/aromatic N) is 1. The molecule has 0 amide bonds. The van der Waals surface area contributed by atoms with Crippen LogP contribution >= 0.6 is 0 Å². The Bertz CT molecular complexity index is 403. The van der Waals surface area contributed by atoms with Crippen LogP contribution in [0, 0.1) is 5.21 Å². The summed E-state index contributed by atoms with van der Waals surface area (Å²) in [5.41, 5.74) is 0. The first-order valence-corrected chi connectivity index (χ1v) is 19.6. The van der Waals surface area contributed by atoms with Crippen LogP contribution in [0.25, 0.3) is 0 Å². The quantitative estimate of drug-likeness (QED) is 0.0176. The number of hydrogen-bond donors (Lipinski definition) is 4. The maximum absolute atomic E-state index is 13.7. The van der Waals surface area contributed by atoms with E-state index in [2.05, 4.69) is 20.8 Å². The Hall–Kier alpha value is 0.248. The summed E-state index contributed by atoms with van der Waals surface area (Å²) < 4.78 is 8.38. The third-order valence-corrected chi connectivity index (χ3v) is 8.76. The van der Waals surface area contributed by atoms with Gasteiger partial charge in [0.05, 0.1) is 19.6 Å². The number of unbranched alkanes of at least 4 members (excludes halogenated alkanes) is 27. The Balaban J connectivity index is -0.00000125. The first kappa shape index (κ1) is 51.1. The zero-order valence-corrected chi connectivity index (χ0v) is 31.8. The molecule has 0 aromatic carbocycles. The van der Waals surface area contributed by atoms with Crippen LogP contribution < -0.4 is 0 Å². The van der Waals surface area contributed by atoms with Crippen molar-refractivity contribution < 1.29 is 48.9 Å². The van der Waals surface area contributed by atoms with Crippen LogP contribution in [0.4, 0.5) is 0 Å². The second kappa shape index (κ2) is 50.1. The normalized spacial score (nSPS) is 10.7. The van der Waals surface area contributed by atoms with E-state index < -0.39 is 0 Å². The predicted molar refractivity (Wildman–Crippen MR) is 185 cm³/mol. The van der Waals surface area contributed by atoms with Gasteiger partial charge in [-0.3, -0.25) is 21.0 Å². The summed E-state index contributed by atoms with van der Waals surface area (Å²) in [6.45, 7) is 9.52. The van der Waals surface area contributed by atoms with Gasteiger partial charge in [0.15, 0.2) is 0 Å². The van der Waals surface area contributed by atoms with Crippen molar-refractivity contribution in [2.24, 2.45) is 0 Å². The Labute approximate surface area is 286 Å². The first-order chi connectivity index (χ1) is 21.7. The van der Waals surface area contributed by atoms with E-state index in [1.165, 1.54) is 173 Å². The molecular formula is C36H79MoNO6. The van der Waals surface area contributed by atoms with E-state index in [4.69, 9.17) is 24.4 Å². The molecule has 270 valence electrons. The van der Waals surface area contributed by atoms with E-state index >= 15 is 0 Å². The molecule has 0 rings (SSSR count). The van der Waals surface area contributed by atoms with Crippen molar-refractivity contribution in [2.75, 3.05) is 19.6 Å². The summed E-state index contributed by atoms with van der Waals surface area (Å²) >= 11 is 0.700. The zero-order valence-electron chi connectivity index (χ0n) is 29.8. The van der Waals surface area contributed by atoms with Crippen LogP contribution in [-0.2, 0) is 23.2 Å². The van der Waals surface area contributed by atoms with Crippen LogP contribution in [0.2, 0.25) is 0 Å². The molecule has 0 aromatic heterocycles. The van der Waals surface area contributed by atoms with Crippen molar-refractivity contribution in [2.45, 2.75) is 213 Å². The molecule has 0 aliphatic carbocycles. The van der Waals surface area contributed by atoms with Gasteiger partial charge in [0, 0.05) is 0 Å². The predicted octanol–water partition coefficient (Wildman–Crippen LogP) is 13.0. The average Bonchev–Trinajstić information content (AvgIpc) is 3.06. The Morgan fingerprint density at radius 3 is 0.636 bits per heavy atom. The molecule has 0 atom stereocenters. The Morgan fingerprint density at radius 1 is 0.341 bits per heavy atom. The van der Waals surface area contributed by atoms with Crippen LogP contribution in [0.3, 0.4) is 0 Å². The van der Waals surface area contributed by atoms with Crippen LogP contribution in [0.5, 0.6) is 0 Å². The maximum atomic E-state index is 13.7. The van der Waals surface area contributed by atoms with E-state index in [0.717, 1.165) is 38.9 Å². The molecule has 4 N–H and O–H groups in total. The summed E-state index contributed by atoms with van der Waals surface area (Å²) in [4.78, 5) is 0. The Morgan fingerprint density at radius 2 is 0.477 bits per heavy atom. The third-order valence-electron chi connectivity index (χ3n) is 8.76. The van der Waals surface area contributed by atoms with Gasteiger partial charge in [0.1, 0.15) is 0 Å². The summed E-state index contributed by atoms with van der Waals surface area (Å²) in [6, 6.07) is 0. The van der Waals surface area contributed by atoms with Crippen molar-refractivity contribution in [3.8, 4) is 0 Å². The minimum atomic E-state index is 0.116. The van der Waals surface area contributed by atoms with Crippen LogP contribution in [0.1, 0.15) is 213 Å². The molecule has 0 heterocycles. The van der Waals surface area contributed by atoms with Crippen molar-refractivity contribution in [3.63, 3.8) is 0 Å². The monoisotopic (exact) mass is 719 g/mol. The molecule has 0 unspecified atom stereocenters. The summed E-state index contributed by atoms with van der Waals surface area (Å²) in [6.07, 6.45) is 40.6. The third kappa shape index (κ3) is 46.7. The van der Waals surface area contributed by atoms with E-state index in [0.29, 0.717) is 19.8 Å². The Kier molecular flexibility index (Phi) is 58.2. The summed E-state index contributed by atoms with van der Waals surface area (Å²) in [7, 11) is 0. The number of hydrogen-bond acceptors (Lipinski definition) is 6. The fourth-order valence-electron chi connectivity index (χ4n) is 6.00.